The Labute approximate surface area is 99.2 Å². The van der Waals surface area contributed by atoms with Crippen LogP contribution in [-0.4, -0.2) is 34.4 Å². The van der Waals surface area contributed by atoms with Crippen LogP contribution < -0.4 is 11.0 Å². The third kappa shape index (κ3) is 2.32. The van der Waals surface area contributed by atoms with Gasteiger partial charge in [-0.2, -0.15) is 4.98 Å². The minimum atomic E-state index is -0.330. The van der Waals surface area contributed by atoms with Gasteiger partial charge in [-0.15, -0.1) is 0 Å². The molecule has 0 unspecified atom stereocenters. The van der Waals surface area contributed by atoms with E-state index in [9.17, 15) is 4.79 Å². The monoisotopic (exact) mass is 239 g/mol. The first kappa shape index (κ1) is 12.1. The molecule has 2 atom stereocenters. The summed E-state index contributed by atoms with van der Waals surface area (Å²) in [6.07, 6.45) is 2.75. The molecule has 1 aliphatic heterocycles. The highest BCUT2D eigenvalue weighted by atomic mass is 16.5. The van der Waals surface area contributed by atoms with E-state index in [0.717, 1.165) is 18.4 Å². The van der Waals surface area contributed by atoms with Crippen LogP contribution in [0.1, 0.15) is 24.6 Å². The van der Waals surface area contributed by atoms with Crippen LogP contribution in [0.2, 0.25) is 0 Å². The Kier molecular flexibility index (Phi) is 3.44. The highest BCUT2D eigenvalue weighted by Crippen LogP contribution is 2.27. The molecule has 1 aromatic rings. The normalized spacial score (nSPS) is 23.9. The molecule has 0 aromatic carbocycles. The van der Waals surface area contributed by atoms with E-state index in [0.29, 0.717) is 5.82 Å². The van der Waals surface area contributed by atoms with Gasteiger partial charge in [0.2, 0.25) is 0 Å². The molecule has 1 aromatic heterocycles. The fraction of sp³-hybridized carbons (Fsp3) is 0.636. The Bertz CT molecular complexity index is 458. The Morgan fingerprint density at radius 1 is 1.65 bits per heavy atom. The molecule has 0 amide bonds. The van der Waals surface area contributed by atoms with E-state index in [1.165, 1.54) is 4.57 Å². The molecular formula is C11H17N3O3. The maximum Gasteiger partial charge on any atom is 0.351 e. The molecule has 2 rings (SSSR count). The summed E-state index contributed by atoms with van der Waals surface area (Å²) in [5.74, 6) is 0.586. The number of aryl methyl sites for hydroxylation is 1. The smallest absolute Gasteiger partial charge is 0.351 e. The first-order valence-corrected chi connectivity index (χ1v) is 5.69. The van der Waals surface area contributed by atoms with Crippen molar-refractivity contribution < 1.29 is 9.84 Å². The molecule has 0 spiro atoms. The zero-order valence-electron chi connectivity index (χ0n) is 10.0. The zero-order chi connectivity index (χ0) is 12.4. The van der Waals surface area contributed by atoms with Crippen molar-refractivity contribution in [3.8, 4) is 0 Å². The number of aromatic nitrogens is 2. The lowest BCUT2D eigenvalue weighted by atomic mass is 10.2. The zero-order valence-corrected chi connectivity index (χ0v) is 10.0. The van der Waals surface area contributed by atoms with Crippen molar-refractivity contribution in [3.63, 3.8) is 0 Å². The van der Waals surface area contributed by atoms with Crippen LogP contribution in [0.3, 0.4) is 0 Å². The van der Waals surface area contributed by atoms with Gasteiger partial charge in [0, 0.05) is 18.8 Å². The third-order valence-electron chi connectivity index (χ3n) is 2.97. The number of nitrogens with one attached hydrogen (secondary N) is 1. The summed E-state index contributed by atoms with van der Waals surface area (Å²) in [4.78, 5) is 15.7. The molecule has 1 fully saturated rings. The van der Waals surface area contributed by atoms with Crippen molar-refractivity contribution in [2.24, 2.45) is 0 Å². The van der Waals surface area contributed by atoms with Crippen molar-refractivity contribution in [1.29, 1.82) is 0 Å². The molecule has 2 heterocycles. The number of nitrogens with zero attached hydrogens (tertiary/aromatic N) is 2. The molecule has 94 valence electrons. The Morgan fingerprint density at radius 3 is 3.00 bits per heavy atom. The Morgan fingerprint density at radius 2 is 2.41 bits per heavy atom. The first-order valence-electron chi connectivity index (χ1n) is 5.69. The summed E-state index contributed by atoms with van der Waals surface area (Å²) in [5.41, 5.74) is 0.562. The van der Waals surface area contributed by atoms with Crippen LogP contribution in [0.25, 0.3) is 0 Å². The minimum Gasteiger partial charge on any atom is -0.394 e. The number of hydrogen-bond acceptors (Lipinski definition) is 5. The van der Waals surface area contributed by atoms with E-state index in [4.69, 9.17) is 9.84 Å². The topological polar surface area (TPSA) is 76.4 Å². The number of ether oxygens (including phenoxy) is 1. The van der Waals surface area contributed by atoms with Crippen LogP contribution >= 0.6 is 0 Å². The molecule has 1 saturated heterocycles. The fourth-order valence-electron chi connectivity index (χ4n) is 2.05. The van der Waals surface area contributed by atoms with E-state index >= 15 is 0 Å². The Balaban J connectivity index is 2.28. The van der Waals surface area contributed by atoms with Gasteiger partial charge in [-0.3, -0.25) is 4.57 Å². The SMILES string of the molecule is CNc1nc(=O)n([C@H]2CC[C@@H](CO)O2)cc1C. The number of rotatable bonds is 3. The van der Waals surface area contributed by atoms with Gasteiger partial charge in [0.25, 0.3) is 0 Å². The number of anilines is 1. The molecule has 1 aliphatic rings. The van der Waals surface area contributed by atoms with Crippen LogP contribution in [-0.2, 0) is 4.74 Å². The van der Waals surface area contributed by atoms with E-state index in [2.05, 4.69) is 10.3 Å². The van der Waals surface area contributed by atoms with Crippen molar-refractivity contribution in [2.45, 2.75) is 32.1 Å². The first-order chi connectivity index (χ1) is 8.15. The van der Waals surface area contributed by atoms with Crippen molar-refractivity contribution >= 4 is 5.82 Å². The average molecular weight is 239 g/mol. The molecular weight excluding hydrogens is 222 g/mol. The second-order valence-electron chi connectivity index (χ2n) is 4.19. The maximum absolute atomic E-state index is 11.8. The van der Waals surface area contributed by atoms with Crippen molar-refractivity contribution in [2.75, 3.05) is 19.0 Å². The summed E-state index contributed by atoms with van der Waals surface area (Å²) in [6.45, 7) is 1.87. The lowest BCUT2D eigenvalue weighted by molar-refractivity contribution is -0.0246. The highest BCUT2D eigenvalue weighted by molar-refractivity contribution is 5.40. The summed E-state index contributed by atoms with van der Waals surface area (Å²) in [7, 11) is 1.73. The molecule has 0 bridgehead atoms. The van der Waals surface area contributed by atoms with Gasteiger partial charge in [-0.25, -0.2) is 4.79 Å². The van der Waals surface area contributed by atoms with Gasteiger partial charge < -0.3 is 15.2 Å². The van der Waals surface area contributed by atoms with E-state index in [1.54, 1.807) is 13.2 Å². The largest absolute Gasteiger partial charge is 0.394 e. The van der Waals surface area contributed by atoms with Crippen molar-refractivity contribution in [3.05, 3.63) is 22.2 Å². The molecule has 0 aliphatic carbocycles. The van der Waals surface area contributed by atoms with Crippen LogP contribution in [0.5, 0.6) is 0 Å². The van der Waals surface area contributed by atoms with Crippen molar-refractivity contribution in [1.82, 2.24) is 9.55 Å². The van der Waals surface area contributed by atoms with E-state index in [1.807, 2.05) is 6.92 Å². The minimum absolute atomic E-state index is 0.00768. The quantitative estimate of drug-likeness (QED) is 0.791. The highest BCUT2D eigenvalue weighted by Gasteiger charge is 2.27. The van der Waals surface area contributed by atoms with E-state index in [-0.39, 0.29) is 24.6 Å². The molecule has 2 N–H and O–H groups in total. The van der Waals surface area contributed by atoms with Crippen LogP contribution in [0, 0.1) is 6.92 Å². The molecule has 0 saturated carbocycles. The summed E-state index contributed by atoms with van der Waals surface area (Å²) in [5, 5.41) is 11.9. The molecule has 6 heteroatoms. The second-order valence-corrected chi connectivity index (χ2v) is 4.19. The van der Waals surface area contributed by atoms with Gasteiger partial charge in [-0.1, -0.05) is 0 Å². The van der Waals surface area contributed by atoms with Gasteiger partial charge in [-0.05, 0) is 19.8 Å². The van der Waals surface area contributed by atoms with Gasteiger partial charge in [0.1, 0.15) is 12.0 Å². The fourth-order valence-corrected chi connectivity index (χ4v) is 2.05. The Hall–Kier alpha value is -1.40. The lowest BCUT2D eigenvalue weighted by Crippen LogP contribution is -2.28. The third-order valence-corrected chi connectivity index (χ3v) is 2.97. The maximum atomic E-state index is 11.8. The number of aliphatic hydroxyl groups excluding tert-OH is 1. The number of aliphatic hydroxyl groups is 1. The average Bonchev–Trinajstić information content (AvgIpc) is 2.80. The van der Waals surface area contributed by atoms with Crippen LogP contribution in [0.4, 0.5) is 5.82 Å². The molecule has 17 heavy (non-hydrogen) atoms. The molecule has 6 nitrogen and oxygen atoms in total. The van der Waals surface area contributed by atoms with E-state index < -0.39 is 0 Å². The standard InChI is InChI=1S/C11H17N3O3/c1-7-5-14(11(16)13-10(7)12-2)9-4-3-8(6-15)17-9/h5,8-9,15H,3-4,6H2,1-2H3,(H,12,13,16)/t8-,9+/m0/s1. The molecule has 0 radical (unpaired) electrons. The van der Waals surface area contributed by atoms with Crippen LogP contribution in [0.15, 0.2) is 11.0 Å². The summed E-state index contributed by atoms with van der Waals surface area (Å²) >= 11 is 0. The summed E-state index contributed by atoms with van der Waals surface area (Å²) in [6, 6.07) is 0. The lowest BCUT2D eigenvalue weighted by Gasteiger charge is -2.16. The van der Waals surface area contributed by atoms with Gasteiger partial charge >= 0.3 is 5.69 Å². The van der Waals surface area contributed by atoms with Gasteiger partial charge in [0.05, 0.1) is 12.7 Å². The van der Waals surface area contributed by atoms with Gasteiger partial charge in [0.15, 0.2) is 0 Å². The second kappa shape index (κ2) is 4.85. The summed E-state index contributed by atoms with van der Waals surface area (Å²) < 4.78 is 7.05. The number of hydrogen-bond donors (Lipinski definition) is 2. The predicted octanol–water partition coefficient (Wildman–Crippen LogP) is 0.263. The predicted molar refractivity (Wildman–Crippen MR) is 63.0 cm³/mol.